The fraction of sp³-hybridized carbons (Fsp3) is 0.455. The maximum Gasteiger partial charge on any atom is 0.329 e. The summed E-state index contributed by atoms with van der Waals surface area (Å²) in [5, 5.41) is 17.3. The molecule has 16 nitrogen and oxygen atoms in total. The topological polar surface area (TPSA) is 182 Å². The third kappa shape index (κ3) is 7.17. The Labute approximate surface area is 363 Å². The minimum atomic E-state index is -3.97. The van der Waals surface area contributed by atoms with Crippen molar-refractivity contribution in [1.82, 2.24) is 34.3 Å². The van der Waals surface area contributed by atoms with Crippen LogP contribution < -0.4 is 24.6 Å². The van der Waals surface area contributed by atoms with E-state index in [1.54, 1.807) is 36.9 Å². The number of anilines is 3. The van der Waals surface area contributed by atoms with Crippen LogP contribution in [0.25, 0.3) is 21.9 Å². The summed E-state index contributed by atoms with van der Waals surface area (Å²) in [5.41, 5.74) is 3.49. The van der Waals surface area contributed by atoms with Gasteiger partial charge in [-0.3, -0.25) is 29.4 Å². The summed E-state index contributed by atoms with van der Waals surface area (Å²) in [4.78, 5) is 39.9. The van der Waals surface area contributed by atoms with Gasteiger partial charge in [-0.05, 0) is 93.4 Å². The summed E-state index contributed by atoms with van der Waals surface area (Å²) in [6, 6.07) is 12.4. The molecule has 2 aromatic heterocycles. The molecular weight excluding hydrogens is 833 g/mol. The zero-order valence-corrected chi connectivity index (χ0v) is 36.0. The van der Waals surface area contributed by atoms with Crippen LogP contribution >= 0.6 is 0 Å². The third-order valence-electron chi connectivity index (χ3n) is 14.2. The Bertz CT molecular complexity index is 2850. The summed E-state index contributed by atoms with van der Waals surface area (Å²) in [7, 11) is -0.801. The van der Waals surface area contributed by atoms with Gasteiger partial charge >= 0.3 is 16.2 Å². The lowest BCUT2D eigenvalue weighted by atomic mass is 9.55. The summed E-state index contributed by atoms with van der Waals surface area (Å²) in [6.07, 6.45) is 8.52. The van der Waals surface area contributed by atoms with E-state index in [4.69, 9.17) is 9.72 Å². The number of nitriles is 1. The molecule has 19 heteroatoms. The monoisotopic (exact) mass is 879 g/mol. The molecule has 3 amide bonds. The van der Waals surface area contributed by atoms with E-state index in [0.717, 1.165) is 86.3 Å². The van der Waals surface area contributed by atoms with Crippen LogP contribution in [0, 0.1) is 33.8 Å². The first-order valence-electron chi connectivity index (χ1n) is 21.3. The number of aromatic nitrogens is 4. The smallest absolute Gasteiger partial charge is 0.329 e. The second-order valence-electron chi connectivity index (χ2n) is 18.1. The zero-order chi connectivity index (χ0) is 44.0. The van der Waals surface area contributed by atoms with Gasteiger partial charge in [0.2, 0.25) is 5.91 Å². The van der Waals surface area contributed by atoms with Gasteiger partial charge < -0.3 is 14.5 Å². The van der Waals surface area contributed by atoms with Crippen molar-refractivity contribution in [1.29, 1.82) is 5.26 Å². The average molecular weight is 880 g/mol. The molecule has 3 aromatic carbocycles. The number of imide groups is 1. The molecule has 3 saturated heterocycles. The summed E-state index contributed by atoms with van der Waals surface area (Å²) in [5.74, 6) is -1.03. The van der Waals surface area contributed by atoms with Crippen molar-refractivity contribution in [3.63, 3.8) is 0 Å². The number of piperidine rings is 1. The van der Waals surface area contributed by atoms with Crippen LogP contribution in [-0.4, -0.2) is 102 Å². The largest absolute Gasteiger partial charge is 0.453 e. The van der Waals surface area contributed by atoms with Gasteiger partial charge in [0.15, 0.2) is 17.4 Å². The van der Waals surface area contributed by atoms with E-state index in [0.29, 0.717) is 34.0 Å². The summed E-state index contributed by atoms with van der Waals surface area (Å²) < 4.78 is 67.0. The van der Waals surface area contributed by atoms with Gasteiger partial charge in [-0.15, -0.1) is 0 Å². The molecule has 3 aliphatic heterocycles. The maximum absolute atomic E-state index is 15.7. The highest BCUT2D eigenvalue weighted by molar-refractivity contribution is 7.90. The Morgan fingerprint density at radius 3 is 2.48 bits per heavy atom. The number of halogens is 2. The number of urea groups is 1. The lowest BCUT2D eigenvalue weighted by molar-refractivity contribution is -0.120. The molecule has 63 heavy (non-hydrogen) atoms. The Kier molecular flexibility index (Phi) is 9.84. The number of carbonyl (C=O) groups is 2. The molecular formula is C44H47F2N11O5S. The normalized spacial score (nSPS) is 21.1. The first-order chi connectivity index (χ1) is 30.2. The van der Waals surface area contributed by atoms with E-state index in [1.165, 1.54) is 24.1 Å². The fourth-order valence-electron chi connectivity index (χ4n) is 10.4. The highest BCUT2D eigenvalue weighted by Gasteiger charge is 2.56. The van der Waals surface area contributed by atoms with Crippen molar-refractivity contribution in [3.05, 3.63) is 71.6 Å². The van der Waals surface area contributed by atoms with E-state index in [-0.39, 0.29) is 65.0 Å². The Balaban J connectivity index is 0.733. The minimum Gasteiger partial charge on any atom is -0.453 e. The third-order valence-corrected chi connectivity index (χ3v) is 15.7. The molecule has 5 fully saturated rings. The van der Waals surface area contributed by atoms with E-state index in [9.17, 15) is 23.3 Å². The number of hydrogen-bond donors (Lipinski definition) is 2. The molecule has 2 aliphatic carbocycles. The highest BCUT2D eigenvalue weighted by Crippen LogP contribution is 2.58. The number of aryl methyl sites for hydroxylation is 1. The molecule has 5 aliphatic rings. The molecule has 0 bridgehead atoms. The van der Waals surface area contributed by atoms with Gasteiger partial charge in [0, 0.05) is 81.7 Å². The first-order valence-corrected chi connectivity index (χ1v) is 22.8. The number of rotatable bonds is 10. The Morgan fingerprint density at radius 2 is 1.76 bits per heavy atom. The predicted octanol–water partition coefficient (Wildman–Crippen LogP) is 6.14. The number of likely N-dealkylation sites (tertiary alicyclic amines) is 1. The standard InChI is InChI=1S/C44H47F2N11O5S/c1-4-53(2)63(60,61)52-33-8-6-31(45)40(30(33)22-47)62-28-5-7-34-35(15-28)49-36(23-48-34)26-18-43(19-26)10-13-55(14-11-43)27-20-44(21-27)24-56(25-44)38-17-37-29(16-32(38)46)41(51-54(37)3)57-12-9-39(58)50-42(57)59/h5-8,15-17,23,26-27,52H,4,9-14,18-21,24-25H2,1-3H3,(H,50,58,59). The van der Waals surface area contributed by atoms with Crippen LogP contribution in [0.15, 0.2) is 48.7 Å². The second kappa shape index (κ2) is 15.1. The van der Waals surface area contributed by atoms with Crippen molar-refractivity contribution in [2.45, 2.75) is 63.8 Å². The summed E-state index contributed by atoms with van der Waals surface area (Å²) >= 11 is 0. The number of nitrogens with one attached hydrogen (secondary N) is 2. The van der Waals surface area contributed by atoms with E-state index in [1.807, 2.05) is 18.3 Å². The van der Waals surface area contributed by atoms with Gasteiger partial charge in [0.1, 0.15) is 23.2 Å². The van der Waals surface area contributed by atoms with Crippen molar-refractivity contribution >= 4 is 61.3 Å². The highest BCUT2D eigenvalue weighted by atomic mass is 32.2. The van der Waals surface area contributed by atoms with Crippen molar-refractivity contribution in [2.75, 3.05) is 60.8 Å². The van der Waals surface area contributed by atoms with Crippen molar-refractivity contribution < 1.29 is 31.5 Å². The van der Waals surface area contributed by atoms with Gasteiger partial charge in [-0.1, -0.05) is 6.92 Å². The molecule has 2 saturated carbocycles. The van der Waals surface area contributed by atoms with Crippen LogP contribution in [0.1, 0.15) is 69.0 Å². The van der Waals surface area contributed by atoms with E-state index >= 15 is 8.78 Å². The van der Waals surface area contributed by atoms with E-state index < -0.39 is 27.8 Å². The van der Waals surface area contributed by atoms with Gasteiger partial charge in [0.05, 0.1) is 33.6 Å². The van der Waals surface area contributed by atoms with Crippen LogP contribution in [-0.2, 0) is 22.1 Å². The molecule has 0 atom stereocenters. The number of ether oxygens (including phenoxy) is 1. The van der Waals surface area contributed by atoms with E-state index in [2.05, 4.69) is 29.9 Å². The van der Waals surface area contributed by atoms with Crippen molar-refractivity contribution in [2.24, 2.45) is 17.9 Å². The SMILES string of the molecule is CCN(C)S(=O)(=O)Nc1ccc(F)c(Oc2ccc3ncc(C4CC5(CCN(C6CC7(C6)CN(c6cc8c(cc6F)c(N6CCC(=O)NC6=O)nn8C)C7)CC5)C4)nc3c2)c1C#N. The zero-order valence-electron chi connectivity index (χ0n) is 35.2. The molecule has 10 rings (SSSR count). The molecule has 328 valence electrons. The lowest BCUT2D eigenvalue weighted by Crippen LogP contribution is -2.67. The minimum absolute atomic E-state index is 0.0948. The second-order valence-corrected chi connectivity index (χ2v) is 19.8. The lowest BCUT2D eigenvalue weighted by Gasteiger charge is -2.63. The number of benzene rings is 3. The molecule has 0 unspecified atom stereocenters. The Morgan fingerprint density at radius 1 is 1.00 bits per heavy atom. The van der Waals surface area contributed by atoms with Crippen LogP contribution in [0.3, 0.4) is 0 Å². The van der Waals surface area contributed by atoms with Crippen LogP contribution in [0.2, 0.25) is 0 Å². The number of amides is 3. The molecule has 2 spiro atoms. The average Bonchev–Trinajstić information content (AvgIpc) is 3.53. The number of hydrogen-bond acceptors (Lipinski definition) is 11. The number of nitrogens with zero attached hydrogens (tertiary/aromatic N) is 9. The Hall–Kier alpha value is -5.97. The maximum atomic E-state index is 15.7. The summed E-state index contributed by atoms with van der Waals surface area (Å²) in [6.45, 7) is 5.78. The molecule has 0 radical (unpaired) electrons. The molecule has 2 N–H and O–H groups in total. The quantitative estimate of drug-likeness (QED) is 0.164. The van der Waals surface area contributed by atoms with Gasteiger partial charge in [-0.25, -0.2) is 18.6 Å². The molecule has 5 aromatic rings. The van der Waals surface area contributed by atoms with Crippen LogP contribution in [0.5, 0.6) is 11.5 Å². The predicted molar refractivity (Wildman–Crippen MR) is 231 cm³/mol. The number of carbonyl (C=O) groups excluding carboxylic acids is 2. The van der Waals surface area contributed by atoms with Gasteiger partial charge in [0.25, 0.3) is 0 Å². The number of fused-ring (bicyclic) bond motifs is 2. The fourth-order valence-corrected chi connectivity index (χ4v) is 11.4. The van der Waals surface area contributed by atoms with Crippen LogP contribution in [0.4, 0.5) is 30.8 Å². The molecule has 5 heterocycles. The van der Waals surface area contributed by atoms with Gasteiger partial charge in [-0.2, -0.15) is 23.1 Å². The first kappa shape index (κ1) is 41.1. The van der Waals surface area contributed by atoms with Crippen molar-refractivity contribution in [3.8, 4) is 17.6 Å².